The molecule has 0 N–H and O–H groups in total. The molecular formula is C16H11BrClNS. The van der Waals surface area contributed by atoms with Crippen LogP contribution >= 0.6 is 38.9 Å². The Morgan fingerprint density at radius 3 is 2.75 bits per heavy atom. The number of thiazole rings is 1. The topological polar surface area (TPSA) is 12.9 Å². The third kappa shape index (κ3) is 3.11. The zero-order chi connectivity index (χ0) is 13.9. The van der Waals surface area contributed by atoms with Gasteiger partial charge in [-0.1, -0.05) is 57.9 Å². The molecule has 1 aromatic heterocycles. The fourth-order valence-electron chi connectivity index (χ4n) is 2.01. The number of hydrogen-bond donors (Lipinski definition) is 0. The quantitative estimate of drug-likeness (QED) is 0.571. The molecule has 1 heterocycles. The first kappa shape index (κ1) is 13.8. The van der Waals surface area contributed by atoms with E-state index in [1.807, 2.05) is 36.4 Å². The van der Waals surface area contributed by atoms with Gasteiger partial charge in [0.2, 0.25) is 0 Å². The first-order valence-corrected chi connectivity index (χ1v) is 8.21. The molecule has 0 amide bonds. The summed E-state index contributed by atoms with van der Waals surface area (Å²) in [5.74, 6) is 0. The second kappa shape index (κ2) is 6.08. The molecule has 3 aromatic rings. The fraction of sp³-hybridized carbons (Fsp3) is 0.0625. The Balaban J connectivity index is 1.86. The molecule has 0 saturated heterocycles. The molecular weight excluding hydrogens is 354 g/mol. The van der Waals surface area contributed by atoms with E-state index in [0.29, 0.717) is 0 Å². The number of aromatic nitrogens is 1. The first-order chi connectivity index (χ1) is 9.72. The Kier molecular flexibility index (Phi) is 4.20. The Morgan fingerprint density at radius 2 is 1.95 bits per heavy atom. The van der Waals surface area contributed by atoms with Gasteiger partial charge in [0.15, 0.2) is 0 Å². The van der Waals surface area contributed by atoms with Crippen molar-refractivity contribution in [1.29, 1.82) is 0 Å². The molecule has 20 heavy (non-hydrogen) atoms. The Hall–Kier alpha value is -1.16. The highest BCUT2D eigenvalue weighted by Gasteiger charge is 2.08. The van der Waals surface area contributed by atoms with Gasteiger partial charge in [0.25, 0.3) is 0 Å². The van der Waals surface area contributed by atoms with Gasteiger partial charge in [-0.3, -0.25) is 0 Å². The Bertz CT molecular complexity index is 739. The second-order valence-electron chi connectivity index (χ2n) is 4.41. The van der Waals surface area contributed by atoms with Crippen LogP contribution in [0.4, 0.5) is 0 Å². The predicted octanol–water partition coefficient (Wildman–Crippen LogP) is 5.82. The van der Waals surface area contributed by atoms with Crippen molar-refractivity contribution in [2.75, 3.05) is 0 Å². The van der Waals surface area contributed by atoms with E-state index in [2.05, 4.69) is 33.4 Å². The molecule has 0 radical (unpaired) electrons. The van der Waals surface area contributed by atoms with E-state index in [1.54, 1.807) is 11.3 Å². The molecule has 2 aromatic carbocycles. The van der Waals surface area contributed by atoms with E-state index in [4.69, 9.17) is 16.6 Å². The fourth-order valence-corrected chi connectivity index (χ4v) is 3.54. The molecule has 0 fully saturated rings. The second-order valence-corrected chi connectivity index (χ2v) is 6.65. The molecule has 3 rings (SSSR count). The molecule has 0 atom stereocenters. The summed E-state index contributed by atoms with van der Waals surface area (Å²) in [6, 6.07) is 16.1. The van der Waals surface area contributed by atoms with Crippen LogP contribution in [0.1, 0.15) is 10.6 Å². The normalized spacial score (nSPS) is 10.7. The largest absolute Gasteiger partial charge is 0.241 e. The van der Waals surface area contributed by atoms with Gasteiger partial charge in [-0.2, -0.15) is 0 Å². The summed E-state index contributed by atoms with van der Waals surface area (Å²) in [6.45, 7) is 0. The SMILES string of the molecule is Clc1cccc(Cc2nc(-c3ccccc3Br)cs2)c1. The highest BCUT2D eigenvalue weighted by molar-refractivity contribution is 9.10. The number of nitrogens with zero attached hydrogens (tertiary/aromatic N) is 1. The highest BCUT2D eigenvalue weighted by atomic mass is 79.9. The lowest BCUT2D eigenvalue weighted by molar-refractivity contribution is 1.14. The molecule has 100 valence electrons. The van der Waals surface area contributed by atoms with Crippen molar-refractivity contribution >= 4 is 38.9 Å². The molecule has 0 bridgehead atoms. The van der Waals surface area contributed by atoms with E-state index in [9.17, 15) is 0 Å². The molecule has 0 spiro atoms. The van der Waals surface area contributed by atoms with Gasteiger partial charge in [0.1, 0.15) is 0 Å². The first-order valence-electron chi connectivity index (χ1n) is 6.16. The lowest BCUT2D eigenvalue weighted by Gasteiger charge is -2.00. The van der Waals surface area contributed by atoms with Crippen LogP contribution in [-0.2, 0) is 6.42 Å². The number of rotatable bonds is 3. The maximum absolute atomic E-state index is 6.01. The summed E-state index contributed by atoms with van der Waals surface area (Å²) in [7, 11) is 0. The van der Waals surface area contributed by atoms with E-state index in [-0.39, 0.29) is 0 Å². The monoisotopic (exact) mass is 363 g/mol. The van der Waals surface area contributed by atoms with Crippen LogP contribution in [0.3, 0.4) is 0 Å². The summed E-state index contributed by atoms with van der Waals surface area (Å²) in [6.07, 6.45) is 0.815. The molecule has 0 aliphatic carbocycles. The van der Waals surface area contributed by atoms with Crippen LogP contribution in [0.2, 0.25) is 5.02 Å². The van der Waals surface area contributed by atoms with Gasteiger partial charge < -0.3 is 0 Å². The van der Waals surface area contributed by atoms with E-state index >= 15 is 0 Å². The summed E-state index contributed by atoms with van der Waals surface area (Å²) in [5.41, 5.74) is 3.33. The van der Waals surface area contributed by atoms with E-state index < -0.39 is 0 Å². The molecule has 1 nitrogen and oxygen atoms in total. The summed E-state index contributed by atoms with van der Waals surface area (Å²) in [4.78, 5) is 4.71. The van der Waals surface area contributed by atoms with Crippen LogP contribution < -0.4 is 0 Å². The van der Waals surface area contributed by atoms with Gasteiger partial charge in [-0.25, -0.2) is 4.98 Å². The number of hydrogen-bond acceptors (Lipinski definition) is 2. The maximum Gasteiger partial charge on any atom is 0.0976 e. The van der Waals surface area contributed by atoms with Crippen LogP contribution in [0.15, 0.2) is 58.4 Å². The lowest BCUT2D eigenvalue weighted by Crippen LogP contribution is -1.87. The van der Waals surface area contributed by atoms with Crippen molar-refractivity contribution in [3.05, 3.63) is 74.0 Å². The van der Waals surface area contributed by atoms with Crippen molar-refractivity contribution in [3.63, 3.8) is 0 Å². The van der Waals surface area contributed by atoms with Gasteiger partial charge in [-0.15, -0.1) is 11.3 Å². The zero-order valence-electron chi connectivity index (χ0n) is 10.5. The van der Waals surface area contributed by atoms with Crippen LogP contribution in [-0.4, -0.2) is 4.98 Å². The summed E-state index contributed by atoms with van der Waals surface area (Å²) in [5, 5.41) is 3.96. The zero-order valence-corrected chi connectivity index (χ0v) is 13.7. The van der Waals surface area contributed by atoms with Gasteiger partial charge in [-0.05, 0) is 23.8 Å². The third-order valence-corrected chi connectivity index (χ3v) is 4.72. The van der Waals surface area contributed by atoms with Crippen LogP contribution in [0.5, 0.6) is 0 Å². The molecule has 0 aliphatic heterocycles. The predicted molar refractivity (Wildman–Crippen MR) is 89.5 cm³/mol. The van der Waals surface area contributed by atoms with Crippen LogP contribution in [0, 0.1) is 0 Å². The average Bonchev–Trinajstić information content (AvgIpc) is 2.87. The number of benzene rings is 2. The van der Waals surface area contributed by atoms with Crippen molar-refractivity contribution in [2.45, 2.75) is 6.42 Å². The van der Waals surface area contributed by atoms with E-state index in [1.165, 1.54) is 5.56 Å². The Labute approximate surface area is 135 Å². The third-order valence-electron chi connectivity index (χ3n) is 2.95. The van der Waals surface area contributed by atoms with Gasteiger partial charge in [0, 0.05) is 26.9 Å². The smallest absolute Gasteiger partial charge is 0.0976 e. The molecule has 0 saturated carbocycles. The minimum Gasteiger partial charge on any atom is -0.241 e. The van der Waals surface area contributed by atoms with Crippen molar-refractivity contribution in [3.8, 4) is 11.3 Å². The van der Waals surface area contributed by atoms with E-state index in [0.717, 1.165) is 32.2 Å². The summed E-state index contributed by atoms with van der Waals surface area (Å²) < 4.78 is 1.07. The van der Waals surface area contributed by atoms with Gasteiger partial charge >= 0.3 is 0 Å². The van der Waals surface area contributed by atoms with Gasteiger partial charge in [0.05, 0.1) is 10.7 Å². The Morgan fingerprint density at radius 1 is 1.10 bits per heavy atom. The highest BCUT2D eigenvalue weighted by Crippen LogP contribution is 2.29. The number of halogens is 2. The molecule has 4 heteroatoms. The average molecular weight is 365 g/mol. The van der Waals surface area contributed by atoms with Crippen LogP contribution in [0.25, 0.3) is 11.3 Å². The standard InChI is InChI=1S/C16H11BrClNS/c17-14-7-2-1-6-13(14)15-10-20-16(19-15)9-11-4-3-5-12(18)8-11/h1-8,10H,9H2. The lowest BCUT2D eigenvalue weighted by atomic mass is 10.1. The molecule has 0 unspecified atom stereocenters. The summed E-state index contributed by atoms with van der Waals surface area (Å²) >= 11 is 11.3. The van der Waals surface area contributed by atoms with Crippen molar-refractivity contribution < 1.29 is 0 Å². The molecule has 0 aliphatic rings. The maximum atomic E-state index is 6.01. The van der Waals surface area contributed by atoms with Crippen molar-refractivity contribution in [1.82, 2.24) is 4.98 Å². The minimum atomic E-state index is 0.769. The minimum absolute atomic E-state index is 0.769. The van der Waals surface area contributed by atoms with Crippen molar-refractivity contribution in [2.24, 2.45) is 0 Å².